The molecule has 60 valence electrons. The Morgan fingerprint density at radius 2 is 2.18 bits per heavy atom. The van der Waals surface area contributed by atoms with E-state index in [0.29, 0.717) is 0 Å². The van der Waals surface area contributed by atoms with E-state index in [1.54, 1.807) is 0 Å². The molecule has 6 nitrogen and oxygen atoms in total. The second-order valence-electron chi connectivity index (χ2n) is 2.06. The zero-order valence-corrected chi connectivity index (χ0v) is 5.46. The van der Waals surface area contributed by atoms with Gasteiger partial charge < -0.3 is 15.7 Å². The molecule has 1 fully saturated rings. The van der Waals surface area contributed by atoms with Crippen molar-refractivity contribution >= 4 is 17.8 Å². The molecule has 0 aromatic carbocycles. The zero-order valence-electron chi connectivity index (χ0n) is 5.46. The first-order chi connectivity index (χ1) is 5.11. The van der Waals surface area contributed by atoms with Crippen molar-refractivity contribution < 1.29 is 19.5 Å². The lowest BCUT2D eigenvalue weighted by molar-refractivity contribution is -0.143. The molecule has 1 unspecified atom stereocenters. The number of aliphatic carboxylic acids is 1. The van der Waals surface area contributed by atoms with Crippen molar-refractivity contribution in [3.63, 3.8) is 0 Å². The summed E-state index contributed by atoms with van der Waals surface area (Å²) in [5, 5.41) is 12.5. The van der Waals surface area contributed by atoms with E-state index in [1.807, 2.05) is 5.32 Å². The topological polar surface area (TPSA) is 95.5 Å². The van der Waals surface area contributed by atoms with Crippen LogP contribution in [0.5, 0.6) is 0 Å². The van der Waals surface area contributed by atoms with Crippen LogP contribution in [0.4, 0.5) is 4.79 Å². The molecule has 1 aliphatic heterocycles. The predicted octanol–water partition coefficient (Wildman–Crippen LogP) is -1.68. The highest BCUT2D eigenvalue weighted by molar-refractivity contribution is 6.08. The quantitative estimate of drug-likeness (QED) is 0.397. The highest BCUT2D eigenvalue weighted by Crippen LogP contribution is 1.91. The van der Waals surface area contributed by atoms with Crippen LogP contribution in [0, 0.1) is 0 Å². The van der Waals surface area contributed by atoms with Crippen molar-refractivity contribution in [2.24, 2.45) is 0 Å². The second kappa shape index (κ2) is 2.57. The van der Waals surface area contributed by atoms with Crippen LogP contribution in [0.1, 0.15) is 0 Å². The summed E-state index contributed by atoms with van der Waals surface area (Å²) in [7, 11) is 0. The van der Waals surface area contributed by atoms with Crippen LogP contribution in [0.2, 0.25) is 0 Å². The third kappa shape index (κ3) is 1.46. The molecule has 2 amide bonds. The van der Waals surface area contributed by atoms with Gasteiger partial charge in [-0.2, -0.15) is 0 Å². The van der Waals surface area contributed by atoms with Gasteiger partial charge in [0.05, 0.1) is 6.54 Å². The van der Waals surface area contributed by atoms with Crippen molar-refractivity contribution in [3.05, 3.63) is 0 Å². The van der Waals surface area contributed by atoms with E-state index in [0.717, 1.165) is 0 Å². The molecule has 1 aliphatic rings. The maximum atomic E-state index is 10.7. The van der Waals surface area contributed by atoms with Crippen molar-refractivity contribution in [2.45, 2.75) is 6.04 Å². The Hall–Kier alpha value is -1.59. The Balaban J connectivity index is 2.69. The first kappa shape index (κ1) is 7.52. The molecule has 1 atom stereocenters. The van der Waals surface area contributed by atoms with Crippen LogP contribution < -0.4 is 10.6 Å². The van der Waals surface area contributed by atoms with Gasteiger partial charge in [-0.1, -0.05) is 0 Å². The van der Waals surface area contributed by atoms with Crippen LogP contribution in [-0.2, 0) is 9.59 Å². The minimum atomic E-state index is -1.39. The normalized spacial score (nSPS) is 23.8. The van der Waals surface area contributed by atoms with Gasteiger partial charge >= 0.3 is 12.0 Å². The molecule has 0 bridgehead atoms. The first-order valence-corrected chi connectivity index (χ1v) is 2.91. The van der Waals surface area contributed by atoms with Gasteiger partial charge in [0, 0.05) is 0 Å². The summed E-state index contributed by atoms with van der Waals surface area (Å²) in [6, 6.07) is -2.01. The molecule has 1 rings (SSSR count). The first-order valence-electron chi connectivity index (χ1n) is 2.91. The molecule has 1 heterocycles. The Bertz CT molecular complexity index is 225. The van der Waals surface area contributed by atoms with E-state index < -0.39 is 23.8 Å². The fourth-order valence-corrected chi connectivity index (χ4v) is 0.732. The number of ketones is 1. The van der Waals surface area contributed by atoms with Gasteiger partial charge in [-0.25, -0.2) is 9.59 Å². The molecule has 0 aromatic rings. The number of carboxylic acids is 1. The van der Waals surface area contributed by atoms with Crippen LogP contribution >= 0.6 is 0 Å². The molecule has 0 aliphatic carbocycles. The summed E-state index contributed by atoms with van der Waals surface area (Å²) < 4.78 is 0. The number of nitrogens with one attached hydrogen (secondary N) is 2. The van der Waals surface area contributed by atoms with Gasteiger partial charge in [0.1, 0.15) is 0 Å². The van der Waals surface area contributed by atoms with Crippen LogP contribution in [-0.4, -0.2) is 35.5 Å². The fraction of sp³-hybridized carbons (Fsp3) is 0.400. The number of urea groups is 1. The molecule has 6 heteroatoms. The highest BCUT2D eigenvalue weighted by atomic mass is 16.4. The number of carboxylic acid groups (broad SMARTS) is 1. The van der Waals surface area contributed by atoms with Gasteiger partial charge in [0.25, 0.3) is 0 Å². The van der Waals surface area contributed by atoms with Gasteiger partial charge in [0.15, 0.2) is 11.8 Å². The van der Waals surface area contributed by atoms with Gasteiger partial charge in [-0.15, -0.1) is 0 Å². The number of hydrogen-bond donors (Lipinski definition) is 3. The lowest BCUT2D eigenvalue weighted by Crippen LogP contribution is -2.58. The van der Waals surface area contributed by atoms with E-state index in [9.17, 15) is 14.4 Å². The van der Waals surface area contributed by atoms with Gasteiger partial charge in [0.2, 0.25) is 0 Å². The Kier molecular flexibility index (Phi) is 1.75. The van der Waals surface area contributed by atoms with E-state index in [2.05, 4.69) is 5.32 Å². The maximum absolute atomic E-state index is 10.7. The average Bonchev–Trinajstić information content (AvgIpc) is 1.94. The molecule has 3 N–H and O–H groups in total. The molecular weight excluding hydrogens is 152 g/mol. The number of amides is 2. The molecule has 0 spiro atoms. The molecule has 0 saturated carbocycles. The van der Waals surface area contributed by atoms with Crippen molar-refractivity contribution in [1.82, 2.24) is 10.6 Å². The summed E-state index contributed by atoms with van der Waals surface area (Å²) in [4.78, 5) is 31.5. The Morgan fingerprint density at radius 1 is 1.55 bits per heavy atom. The fourth-order valence-electron chi connectivity index (χ4n) is 0.732. The summed E-state index contributed by atoms with van der Waals surface area (Å²) in [5.74, 6) is -1.87. The summed E-state index contributed by atoms with van der Waals surface area (Å²) in [6.45, 7) is -0.219. The highest BCUT2D eigenvalue weighted by Gasteiger charge is 2.31. The third-order valence-electron chi connectivity index (χ3n) is 1.27. The van der Waals surface area contributed by atoms with Crippen LogP contribution in [0.3, 0.4) is 0 Å². The summed E-state index contributed by atoms with van der Waals surface area (Å²) >= 11 is 0. The van der Waals surface area contributed by atoms with Crippen molar-refractivity contribution in [2.75, 3.05) is 6.54 Å². The number of Topliss-reactive ketones (excluding diaryl/α,β-unsaturated/α-hetero) is 1. The molecule has 0 aromatic heterocycles. The minimum Gasteiger partial charge on any atom is -0.479 e. The second-order valence-corrected chi connectivity index (χ2v) is 2.06. The largest absolute Gasteiger partial charge is 0.479 e. The monoisotopic (exact) mass is 158 g/mol. The number of rotatable bonds is 1. The minimum absolute atomic E-state index is 0.219. The summed E-state index contributed by atoms with van der Waals surface area (Å²) in [6.07, 6.45) is 0. The van der Waals surface area contributed by atoms with Crippen LogP contribution in [0.15, 0.2) is 0 Å². The maximum Gasteiger partial charge on any atom is 0.334 e. The SMILES string of the molecule is O=C1NCC(=O)C(C(=O)O)N1. The number of hydrogen-bond acceptors (Lipinski definition) is 3. The average molecular weight is 158 g/mol. The Labute approximate surface area is 61.6 Å². The van der Waals surface area contributed by atoms with Gasteiger partial charge in [-0.05, 0) is 0 Å². The third-order valence-corrected chi connectivity index (χ3v) is 1.27. The smallest absolute Gasteiger partial charge is 0.334 e. The van der Waals surface area contributed by atoms with E-state index in [-0.39, 0.29) is 6.54 Å². The molecule has 0 radical (unpaired) electrons. The summed E-state index contributed by atoms with van der Waals surface area (Å²) in [5.41, 5.74) is 0. The van der Waals surface area contributed by atoms with Crippen molar-refractivity contribution in [3.8, 4) is 0 Å². The number of carbonyl (C=O) groups excluding carboxylic acids is 2. The van der Waals surface area contributed by atoms with Crippen LogP contribution in [0.25, 0.3) is 0 Å². The van der Waals surface area contributed by atoms with E-state index in [4.69, 9.17) is 5.11 Å². The zero-order chi connectivity index (χ0) is 8.43. The van der Waals surface area contributed by atoms with E-state index in [1.165, 1.54) is 0 Å². The number of carbonyl (C=O) groups is 3. The lowest BCUT2D eigenvalue weighted by atomic mass is 10.1. The van der Waals surface area contributed by atoms with Crippen molar-refractivity contribution in [1.29, 1.82) is 0 Å². The predicted molar refractivity (Wildman–Crippen MR) is 33.0 cm³/mol. The molecular formula is C5H6N2O4. The molecule has 11 heavy (non-hydrogen) atoms. The molecule has 1 saturated heterocycles. The Morgan fingerprint density at radius 3 is 2.64 bits per heavy atom. The van der Waals surface area contributed by atoms with Gasteiger partial charge in [-0.3, -0.25) is 4.79 Å². The standard InChI is InChI=1S/C5H6N2O4/c8-2-1-6-5(11)7-3(2)4(9)10/h3H,1H2,(H,9,10)(H2,6,7,11). The lowest BCUT2D eigenvalue weighted by Gasteiger charge is -2.18. The van der Waals surface area contributed by atoms with E-state index >= 15 is 0 Å².